The highest BCUT2D eigenvalue weighted by atomic mass is 32.2. The molecular formula is C25H34N2O5S. The topological polar surface area (TPSA) is 84.9 Å². The molecule has 1 aliphatic heterocycles. The largest absolute Gasteiger partial charge is 0.486 e. The van der Waals surface area contributed by atoms with Crippen LogP contribution in [0.4, 0.5) is 5.69 Å². The van der Waals surface area contributed by atoms with Crippen LogP contribution in [0, 0.1) is 0 Å². The van der Waals surface area contributed by atoms with Crippen LogP contribution < -0.4 is 19.1 Å². The molecule has 0 saturated heterocycles. The normalized spacial score (nSPS) is 13.1. The van der Waals surface area contributed by atoms with E-state index in [1.54, 1.807) is 18.2 Å². The summed E-state index contributed by atoms with van der Waals surface area (Å²) in [7, 11) is -3.50. The van der Waals surface area contributed by atoms with Gasteiger partial charge in [0.2, 0.25) is 15.9 Å². The number of sulfonamides is 1. The highest BCUT2D eigenvalue weighted by molar-refractivity contribution is 7.92. The van der Waals surface area contributed by atoms with Crippen LogP contribution in [-0.4, -0.2) is 46.9 Å². The van der Waals surface area contributed by atoms with Crippen LogP contribution >= 0.6 is 0 Å². The van der Waals surface area contributed by atoms with Gasteiger partial charge >= 0.3 is 0 Å². The first kappa shape index (κ1) is 24.9. The lowest BCUT2D eigenvalue weighted by molar-refractivity contribution is -0.121. The predicted octanol–water partition coefficient (Wildman–Crippen LogP) is 3.88. The molecule has 1 amide bonds. The molecule has 0 radical (unpaired) electrons. The summed E-state index contributed by atoms with van der Waals surface area (Å²) in [4.78, 5) is 12.2. The molecule has 8 heteroatoms. The van der Waals surface area contributed by atoms with Gasteiger partial charge in [-0.1, -0.05) is 38.1 Å². The number of benzene rings is 2. The Hall–Kier alpha value is -2.74. The first-order chi connectivity index (χ1) is 15.7. The van der Waals surface area contributed by atoms with Crippen molar-refractivity contribution in [3.05, 3.63) is 53.6 Å². The molecule has 0 aromatic heterocycles. The van der Waals surface area contributed by atoms with Gasteiger partial charge in [0.15, 0.2) is 11.5 Å². The molecule has 1 aliphatic rings. The molecule has 180 valence electrons. The zero-order valence-corrected chi connectivity index (χ0v) is 20.5. The Bertz CT molecular complexity index is 1040. The fourth-order valence-corrected chi connectivity index (χ4v) is 4.69. The molecule has 0 atom stereocenters. The fraction of sp³-hybridized carbons (Fsp3) is 0.480. The fourth-order valence-electron chi connectivity index (χ4n) is 3.73. The highest BCUT2D eigenvalue weighted by Crippen LogP contribution is 2.34. The van der Waals surface area contributed by atoms with Crippen molar-refractivity contribution in [3.8, 4) is 11.5 Å². The van der Waals surface area contributed by atoms with Crippen LogP contribution in [0.2, 0.25) is 0 Å². The van der Waals surface area contributed by atoms with Crippen molar-refractivity contribution >= 4 is 21.6 Å². The van der Waals surface area contributed by atoms with Crippen LogP contribution in [0.25, 0.3) is 0 Å². The maximum absolute atomic E-state index is 12.3. The molecule has 2 aromatic carbocycles. The molecule has 1 N–H and O–H groups in total. The maximum Gasteiger partial charge on any atom is 0.232 e. The minimum Gasteiger partial charge on any atom is -0.486 e. The van der Waals surface area contributed by atoms with Crippen molar-refractivity contribution in [2.45, 2.75) is 45.4 Å². The summed E-state index contributed by atoms with van der Waals surface area (Å²) in [5.74, 6) is 1.59. The summed E-state index contributed by atoms with van der Waals surface area (Å²) in [5, 5.41) is 2.93. The number of aryl methyl sites for hydroxylation is 1. The van der Waals surface area contributed by atoms with Gasteiger partial charge in [-0.15, -0.1) is 0 Å². The molecule has 0 saturated carbocycles. The molecule has 0 fully saturated rings. The summed E-state index contributed by atoms with van der Waals surface area (Å²) in [6.45, 7) is 6.07. The standard InChI is InChI=1S/C25H34N2O5S/c1-19(2)21-10-8-20(9-11-21)6-4-14-26-25(28)7-5-15-27(33(3,29)30)22-12-13-23-24(18-22)32-17-16-31-23/h8-13,18-19H,4-7,14-17H2,1-3H3,(H,26,28). The molecule has 0 spiro atoms. The number of nitrogens with zero attached hydrogens (tertiary/aromatic N) is 1. The van der Waals surface area contributed by atoms with E-state index in [2.05, 4.69) is 43.4 Å². The quantitative estimate of drug-likeness (QED) is 0.500. The summed E-state index contributed by atoms with van der Waals surface area (Å²) < 4.78 is 37.0. The number of hydrogen-bond acceptors (Lipinski definition) is 5. The van der Waals surface area contributed by atoms with Crippen molar-refractivity contribution in [1.29, 1.82) is 0 Å². The van der Waals surface area contributed by atoms with Crippen LogP contribution in [0.15, 0.2) is 42.5 Å². The third kappa shape index (κ3) is 7.39. The molecule has 7 nitrogen and oxygen atoms in total. The van der Waals surface area contributed by atoms with E-state index in [0.29, 0.717) is 49.3 Å². The van der Waals surface area contributed by atoms with Crippen LogP contribution in [0.1, 0.15) is 50.2 Å². The number of rotatable bonds is 11. The number of nitrogens with one attached hydrogen (secondary N) is 1. The van der Waals surface area contributed by atoms with Gasteiger partial charge in [0.25, 0.3) is 0 Å². The molecule has 0 aliphatic carbocycles. The number of carbonyl (C=O) groups is 1. The van der Waals surface area contributed by atoms with Crippen LogP contribution in [0.3, 0.4) is 0 Å². The van der Waals surface area contributed by atoms with Gasteiger partial charge in [0, 0.05) is 25.6 Å². The van der Waals surface area contributed by atoms with Crippen molar-refractivity contribution in [3.63, 3.8) is 0 Å². The minimum absolute atomic E-state index is 0.0687. The van der Waals surface area contributed by atoms with E-state index < -0.39 is 10.0 Å². The number of anilines is 1. The monoisotopic (exact) mass is 474 g/mol. The summed E-state index contributed by atoms with van der Waals surface area (Å²) in [6.07, 6.45) is 3.62. The lowest BCUT2D eigenvalue weighted by Gasteiger charge is -2.25. The van der Waals surface area contributed by atoms with E-state index in [4.69, 9.17) is 9.47 Å². The first-order valence-corrected chi connectivity index (χ1v) is 13.3. The average Bonchev–Trinajstić information content (AvgIpc) is 2.79. The van der Waals surface area contributed by atoms with Crippen LogP contribution in [-0.2, 0) is 21.2 Å². The van der Waals surface area contributed by atoms with E-state index >= 15 is 0 Å². The molecule has 0 unspecified atom stereocenters. The van der Waals surface area contributed by atoms with Crippen molar-refractivity contribution < 1.29 is 22.7 Å². The number of carbonyl (C=O) groups excluding carboxylic acids is 1. The molecule has 1 heterocycles. The highest BCUT2D eigenvalue weighted by Gasteiger charge is 2.21. The summed E-state index contributed by atoms with van der Waals surface area (Å²) in [5.41, 5.74) is 3.09. The summed E-state index contributed by atoms with van der Waals surface area (Å²) in [6, 6.07) is 13.7. The molecule has 33 heavy (non-hydrogen) atoms. The molecule has 0 bridgehead atoms. The number of hydrogen-bond donors (Lipinski definition) is 1. The lowest BCUT2D eigenvalue weighted by Crippen LogP contribution is -2.32. The first-order valence-electron chi connectivity index (χ1n) is 11.5. The molecule has 3 rings (SSSR count). The van der Waals surface area contributed by atoms with Gasteiger partial charge in [-0.05, 0) is 48.4 Å². The second kappa shape index (κ2) is 11.4. The van der Waals surface area contributed by atoms with Gasteiger partial charge in [0.1, 0.15) is 13.2 Å². The summed E-state index contributed by atoms with van der Waals surface area (Å²) >= 11 is 0. The second-order valence-corrected chi connectivity index (χ2v) is 10.5. The van der Waals surface area contributed by atoms with Crippen LogP contribution in [0.5, 0.6) is 11.5 Å². The Morgan fingerprint density at radius 2 is 1.73 bits per heavy atom. The third-order valence-corrected chi connectivity index (χ3v) is 6.78. The minimum atomic E-state index is -3.50. The zero-order chi connectivity index (χ0) is 23.8. The van der Waals surface area contributed by atoms with Gasteiger partial charge in [-0.2, -0.15) is 0 Å². The van der Waals surface area contributed by atoms with Gasteiger partial charge in [-0.3, -0.25) is 9.10 Å². The average molecular weight is 475 g/mol. The molecule has 2 aromatic rings. The Morgan fingerprint density at radius 1 is 1.03 bits per heavy atom. The maximum atomic E-state index is 12.3. The smallest absolute Gasteiger partial charge is 0.232 e. The number of ether oxygens (including phenoxy) is 2. The van der Waals surface area contributed by atoms with E-state index in [1.165, 1.54) is 15.4 Å². The van der Waals surface area contributed by atoms with Gasteiger partial charge < -0.3 is 14.8 Å². The molecular weight excluding hydrogens is 440 g/mol. The Morgan fingerprint density at radius 3 is 2.39 bits per heavy atom. The predicted molar refractivity (Wildman–Crippen MR) is 131 cm³/mol. The Kier molecular flexibility index (Phi) is 8.61. The Labute approximate surface area is 197 Å². The Balaban J connectivity index is 1.43. The van der Waals surface area contributed by atoms with E-state index in [9.17, 15) is 13.2 Å². The van der Waals surface area contributed by atoms with Crippen molar-refractivity contribution in [2.75, 3.05) is 36.9 Å². The van der Waals surface area contributed by atoms with Crippen molar-refractivity contribution in [2.24, 2.45) is 0 Å². The lowest BCUT2D eigenvalue weighted by atomic mass is 10.0. The van der Waals surface area contributed by atoms with E-state index in [-0.39, 0.29) is 18.9 Å². The van der Waals surface area contributed by atoms with E-state index in [0.717, 1.165) is 19.1 Å². The number of fused-ring (bicyclic) bond motifs is 1. The number of amides is 1. The zero-order valence-electron chi connectivity index (χ0n) is 19.7. The van der Waals surface area contributed by atoms with Gasteiger partial charge in [-0.25, -0.2) is 8.42 Å². The van der Waals surface area contributed by atoms with Gasteiger partial charge in [0.05, 0.1) is 11.9 Å². The van der Waals surface area contributed by atoms with E-state index in [1.807, 2.05) is 0 Å². The SMILES string of the molecule is CC(C)c1ccc(CCCNC(=O)CCCN(c2ccc3c(c2)OCCO3)S(C)(=O)=O)cc1. The second-order valence-electron chi connectivity index (χ2n) is 8.62. The third-order valence-electron chi connectivity index (χ3n) is 5.59. The van der Waals surface area contributed by atoms with Crippen molar-refractivity contribution in [1.82, 2.24) is 5.32 Å².